The van der Waals surface area contributed by atoms with Crippen LogP contribution in [0.5, 0.6) is 0 Å². The highest BCUT2D eigenvalue weighted by Crippen LogP contribution is 2.40. The Morgan fingerprint density at radius 1 is 1.44 bits per heavy atom. The van der Waals surface area contributed by atoms with Crippen molar-refractivity contribution < 1.29 is 0 Å². The molecule has 0 aromatic carbocycles. The van der Waals surface area contributed by atoms with Gasteiger partial charge in [-0.15, -0.1) is 0 Å². The molecule has 1 aromatic heterocycles. The van der Waals surface area contributed by atoms with E-state index in [0.29, 0.717) is 0 Å². The molecule has 1 aromatic rings. The minimum Gasteiger partial charge on any atom is -0.317 e. The molecule has 0 saturated heterocycles. The van der Waals surface area contributed by atoms with Crippen LogP contribution in [0.1, 0.15) is 44.6 Å². The lowest BCUT2D eigenvalue weighted by Crippen LogP contribution is -2.31. The Hall–Kier alpha value is -0.340. The molecule has 1 aliphatic carbocycles. The molecule has 2 rings (SSSR count). The van der Waals surface area contributed by atoms with Crippen molar-refractivity contribution in [2.45, 2.75) is 39.0 Å². The Kier molecular flexibility index (Phi) is 4.42. The van der Waals surface area contributed by atoms with Gasteiger partial charge in [0.25, 0.3) is 0 Å². The smallest absolute Gasteiger partial charge is 0.00148 e. The topological polar surface area (TPSA) is 12.0 Å². The van der Waals surface area contributed by atoms with Gasteiger partial charge in [0.15, 0.2) is 0 Å². The normalized spacial score (nSPS) is 30.5. The van der Waals surface area contributed by atoms with Crippen molar-refractivity contribution in [1.82, 2.24) is 5.32 Å². The van der Waals surface area contributed by atoms with Crippen LogP contribution in [0.2, 0.25) is 0 Å². The second kappa shape index (κ2) is 5.83. The minimum atomic E-state index is 0.800. The molecular weight excluding hydrogens is 214 g/mol. The average Bonchev–Trinajstić information content (AvgIpc) is 2.80. The van der Waals surface area contributed by atoms with Crippen molar-refractivity contribution in [3.63, 3.8) is 0 Å². The van der Waals surface area contributed by atoms with Crippen molar-refractivity contribution in [2.75, 3.05) is 13.1 Å². The summed E-state index contributed by atoms with van der Waals surface area (Å²) in [5, 5.41) is 8.10. The molecule has 1 fully saturated rings. The summed E-state index contributed by atoms with van der Waals surface area (Å²) in [5.74, 6) is 2.56. The molecule has 1 saturated carbocycles. The van der Waals surface area contributed by atoms with Crippen LogP contribution in [0.4, 0.5) is 0 Å². The lowest BCUT2D eigenvalue weighted by atomic mass is 9.72. The number of hydrogen-bond acceptors (Lipinski definition) is 2. The summed E-state index contributed by atoms with van der Waals surface area (Å²) in [6.45, 7) is 6.90. The van der Waals surface area contributed by atoms with E-state index in [1.165, 1.54) is 25.8 Å². The van der Waals surface area contributed by atoms with Crippen LogP contribution >= 0.6 is 11.3 Å². The van der Waals surface area contributed by atoms with Gasteiger partial charge in [-0.3, -0.25) is 0 Å². The molecule has 0 amide bonds. The summed E-state index contributed by atoms with van der Waals surface area (Å²) in [4.78, 5) is 0. The van der Waals surface area contributed by atoms with Crippen LogP contribution in [0, 0.1) is 11.8 Å². The maximum absolute atomic E-state index is 3.53. The standard InChI is InChI=1S/C14H23NS/c1-3-15-9-12-5-4-11(2)8-14(12)13-6-7-16-10-13/h6-7,10-12,14-15H,3-5,8-9H2,1-2H3. The second-order valence-corrected chi connectivity index (χ2v) is 5.93. The third-order valence-corrected chi connectivity index (χ3v) is 4.58. The highest BCUT2D eigenvalue weighted by atomic mass is 32.1. The van der Waals surface area contributed by atoms with Crippen molar-refractivity contribution in [2.24, 2.45) is 11.8 Å². The van der Waals surface area contributed by atoms with E-state index < -0.39 is 0 Å². The predicted molar refractivity (Wildman–Crippen MR) is 72.1 cm³/mol. The number of thiophene rings is 1. The van der Waals surface area contributed by atoms with Gasteiger partial charge in [0.2, 0.25) is 0 Å². The molecule has 2 heteroatoms. The minimum absolute atomic E-state index is 0.800. The molecule has 1 N–H and O–H groups in total. The second-order valence-electron chi connectivity index (χ2n) is 5.15. The van der Waals surface area contributed by atoms with Gasteiger partial charge in [-0.25, -0.2) is 0 Å². The fourth-order valence-electron chi connectivity index (χ4n) is 2.91. The molecule has 3 unspecified atom stereocenters. The molecule has 90 valence electrons. The fraction of sp³-hybridized carbons (Fsp3) is 0.714. The zero-order valence-corrected chi connectivity index (χ0v) is 11.2. The first kappa shape index (κ1) is 12.1. The van der Waals surface area contributed by atoms with Crippen LogP contribution < -0.4 is 5.32 Å². The Bertz CT molecular complexity index is 292. The fourth-order valence-corrected chi connectivity index (χ4v) is 3.64. The van der Waals surface area contributed by atoms with E-state index in [1.807, 2.05) is 11.3 Å². The van der Waals surface area contributed by atoms with E-state index in [0.717, 1.165) is 24.3 Å². The molecule has 0 spiro atoms. The van der Waals surface area contributed by atoms with E-state index in [1.54, 1.807) is 5.56 Å². The highest BCUT2D eigenvalue weighted by molar-refractivity contribution is 7.07. The lowest BCUT2D eigenvalue weighted by molar-refractivity contribution is 0.243. The van der Waals surface area contributed by atoms with Gasteiger partial charge in [-0.1, -0.05) is 20.3 Å². The zero-order chi connectivity index (χ0) is 11.4. The van der Waals surface area contributed by atoms with E-state index >= 15 is 0 Å². The van der Waals surface area contributed by atoms with Gasteiger partial charge in [0.05, 0.1) is 0 Å². The first-order chi connectivity index (χ1) is 7.81. The molecular formula is C14H23NS. The van der Waals surface area contributed by atoms with Crippen LogP contribution in [-0.2, 0) is 0 Å². The van der Waals surface area contributed by atoms with E-state index in [9.17, 15) is 0 Å². The molecule has 0 bridgehead atoms. The monoisotopic (exact) mass is 237 g/mol. The SMILES string of the molecule is CCNCC1CCC(C)CC1c1ccsc1. The highest BCUT2D eigenvalue weighted by Gasteiger charge is 2.29. The average molecular weight is 237 g/mol. The largest absolute Gasteiger partial charge is 0.317 e. The van der Waals surface area contributed by atoms with Gasteiger partial charge in [0.1, 0.15) is 0 Å². The summed E-state index contributed by atoms with van der Waals surface area (Å²) in [6.07, 6.45) is 4.19. The Labute approximate surface area is 103 Å². The van der Waals surface area contributed by atoms with Gasteiger partial charge in [-0.2, -0.15) is 11.3 Å². The van der Waals surface area contributed by atoms with Crippen molar-refractivity contribution in [3.05, 3.63) is 22.4 Å². The number of hydrogen-bond donors (Lipinski definition) is 1. The Morgan fingerprint density at radius 2 is 2.31 bits per heavy atom. The number of rotatable bonds is 4. The van der Waals surface area contributed by atoms with Gasteiger partial charge in [-0.05, 0) is 66.1 Å². The zero-order valence-electron chi connectivity index (χ0n) is 10.4. The van der Waals surface area contributed by atoms with E-state index in [2.05, 4.69) is 36.0 Å². The summed E-state index contributed by atoms with van der Waals surface area (Å²) in [7, 11) is 0. The summed E-state index contributed by atoms with van der Waals surface area (Å²) in [5.41, 5.74) is 1.58. The van der Waals surface area contributed by atoms with Crippen molar-refractivity contribution in [3.8, 4) is 0 Å². The summed E-state index contributed by atoms with van der Waals surface area (Å²) in [6, 6.07) is 2.33. The molecule has 0 aliphatic heterocycles. The molecule has 1 heterocycles. The quantitative estimate of drug-likeness (QED) is 0.838. The van der Waals surface area contributed by atoms with Crippen LogP contribution in [0.15, 0.2) is 16.8 Å². The van der Waals surface area contributed by atoms with Crippen LogP contribution in [0.25, 0.3) is 0 Å². The van der Waals surface area contributed by atoms with E-state index in [4.69, 9.17) is 0 Å². The predicted octanol–water partition coefficient (Wildman–Crippen LogP) is 3.88. The van der Waals surface area contributed by atoms with Crippen LogP contribution in [0.3, 0.4) is 0 Å². The summed E-state index contributed by atoms with van der Waals surface area (Å²) < 4.78 is 0. The number of nitrogens with one attached hydrogen (secondary N) is 1. The third kappa shape index (κ3) is 2.86. The third-order valence-electron chi connectivity index (χ3n) is 3.88. The van der Waals surface area contributed by atoms with Gasteiger partial charge < -0.3 is 5.32 Å². The maximum atomic E-state index is 3.53. The molecule has 1 aliphatic rings. The first-order valence-corrected chi connectivity index (χ1v) is 7.48. The van der Waals surface area contributed by atoms with Crippen molar-refractivity contribution in [1.29, 1.82) is 0 Å². The maximum Gasteiger partial charge on any atom is -0.00148 e. The first-order valence-electron chi connectivity index (χ1n) is 6.54. The summed E-state index contributed by atoms with van der Waals surface area (Å²) >= 11 is 1.84. The van der Waals surface area contributed by atoms with Crippen molar-refractivity contribution >= 4 is 11.3 Å². The molecule has 0 radical (unpaired) electrons. The Morgan fingerprint density at radius 3 is 3.00 bits per heavy atom. The molecule has 16 heavy (non-hydrogen) atoms. The lowest BCUT2D eigenvalue weighted by Gasteiger charge is -2.35. The van der Waals surface area contributed by atoms with Gasteiger partial charge in [0, 0.05) is 0 Å². The van der Waals surface area contributed by atoms with Crippen LogP contribution in [-0.4, -0.2) is 13.1 Å². The van der Waals surface area contributed by atoms with E-state index in [-0.39, 0.29) is 0 Å². The molecule has 1 nitrogen and oxygen atoms in total. The Balaban J connectivity index is 2.03. The van der Waals surface area contributed by atoms with Gasteiger partial charge >= 0.3 is 0 Å². The molecule has 3 atom stereocenters.